The number of likely N-dealkylation sites (N-methyl/N-ethyl adjacent to an activating group) is 1. The van der Waals surface area contributed by atoms with Crippen LogP contribution in [0.5, 0.6) is 0 Å². The van der Waals surface area contributed by atoms with Crippen LogP contribution < -0.4 is 15.1 Å². The predicted molar refractivity (Wildman–Crippen MR) is 138 cm³/mol. The summed E-state index contributed by atoms with van der Waals surface area (Å²) in [6, 6.07) is 10.2. The van der Waals surface area contributed by atoms with Crippen LogP contribution in [-0.2, 0) is 17.4 Å². The van der Waals surface area contributed by atoms with Gasteiger partial charge in [-0.2, -0.15) is 18.4 Å². The van der Waals surface area contributed by atoms with Gasteiger partial charge in [-0.1, -0.05) is 12.1 Å². The molecule has 2 aliphatic rings. The number of piperazine rings is 1. The van der Waals surface area contributed by atoms with Crippen LogP contribution in [0.25, 0.3) is 0 Å². The molecule has 0 radical (unpaired) electrons. The summed E-state index contributed by atoms with van der Waals surface area (Å²) in [6.45, 7) is 5.27. The molecule has 1 amide bonds. The summed E-state index contributed by atoms with van der Waals surface area (Å²) >= 11 is 0. The number of hydrogen-bond donors (Lipinski definition) is 1. The van der Waals surface area contributed by atoms with Crippen molar-refractivity contribution in [2.75, 3.05) is 76.3 Å². The van der Waals surface area contributed by atoms with E-state index in [-0.39, 0.29) is 17.5 Å². The number of nitriles is 1. The topological polar surface area (TPSA) is 91.6 Å². The second-order valence-corrected chi connectivity index (χ2v) is 9.89. The van der Waals surface area contributed by atoms with E-state index in [9.17, 15) is 18.0 Å². The number of nitrogens with one attached hydrogen (secondary N) is 1. The maximum atomic E-state index is 13.7. The van der Waals surface area contributed by atoms with E-state index in [1.807, 2.05) is 31.1 Å². The average molecular weight is 531 g/mol. The average Bonchev–Trinajstić information content (AvgIpc) is 2.87. The van der Waals surface area contributed by atoms with Crippen LogP contribution in [0, 0.1) is 11.3 Å². The first kappa shape index (κ1) is 27.6. The van der Waals surface area contributed by atoms with Gasteiger partial charge in [0, 0.05) is 58.4 Å². The molecule has 1 N–H and O–H groups in total. The molecule has 204 valence electrons. The van der Waals surface area contributed by atoms with E-state index in [1.54, 1.807) is 23.1 Å². The number of aromatic nitrogens is 2. The number of carbonyl (C=O) groups excluding carboxylic acids is 1. The third kappa shape index (κ3) is 6.90. The highest BCUT2D eigenvalue weighted by Crippen LogP contribution is 2.33. The lowest BCUT2D eigenvalue weighted by atomic mass is 10.0. The summed E-state index contributed by atoms with van der Waals surface area (Å²) in [5, 5.41) is 11.8. The van der Waals surface area contributed by atoms with Crippen LogP contribution >= 0.6 is 0 Å². The van der Waals surface area contributed by atoms with Crippen molar-refractivity contribution in [1.29, 1.82) is 5.26 Å². The van der Waals surface area contributed by atoms with Crippen LogP contribution in [-0.4, -0.2) is 98.2 Å². The molecule has 9 nitrogen and oxygen atoms in total. The van der Waals surface area contributed by atoms with Crippen LogP contribution in [0.4, 0.5) is 24.8 Å². The first-order chi connectivity index (χ1) is 18.1. The highest BCUT2D eigenvalue weighted by atomic mass is 19.4. The minimum atomic E-state index is -4.69. The van der Waals surface area contributed by atoms with E-state index in [2.05, 4.69) is 31.2 Å². The zero-order valence-electron chi connectivity index (χ0n) is 21.7. The third-order valence-electron chi connectivity index (χ3n) is 6.92. The molecule has 0 aliphatic carbocycles. The number of amides is 1. The SMILES string of the molecule is CN(C)CCN1CCN(c2cc(N3CCC3C(=O)NCCc3ccc(C#N)cc3)nc(C(F)(F)F)n2)CC1. The van der Waals surface area contributed by atoms with Crippen molar-refractivity contribution in [3.8, 4) is 6.07 Å². The molecule has 1 unspecified atom stereocenters. The Kier molecular flexibility index (Phi) is 8.69. The van der Waals surface area contributed by atoms with Crippen LogP contribution in [0.1, 0.15) is 23.4 Å². The zero-order valence-corrected chi connectivity index (χ0v) is 21.7. The third-order valence-corrected chi connectivity index (χ3v) is 6.92. The number of carbonyl (C=O) groups is 1. The summed E-state index contributed by atoms with van der Waals surface area (Å²) in [7, 11) is 4.02. The summed E-state index contributed by atoms with van der Waals surface area (Å²) < 4.78 is 41.1. The first-order valence-corrected chi connectivity index (χ1v) is 12.8. The molecule has 1 aromatic carbocycles. The fourth-order valence-electron chi connectivity index (χ4n) is 4.53. The number of nitrogens with zero attached hydrogens (tertiary/aromatic N) is 7. The lowest BCUT2D eigenvalue weighted by Gasteiger charge is -2.41. The molecule has 1 atom stereocenters. The van der Waals surface area contributed by atoms with Crippen LogP contribution in [0.15, 0.2) is 30.3 Å². The molecule has 2 saturated heterocycles. The summed E-state index contributed by atoms with van der Waals surface area (Å²) in [5.74, 6) is -1.07. The van der Waals surface area contributed by atoms with Crippen molar-refractivity contribution in [2.45, 2.75) is 25.1 Å². The Bertz CT molecular complexity index is 1140. The number of halogens is 3. The number of rotatable bonds is 9. The van der Waals surface area contributed by atoms with Gasteiger partial charge in [0.05, 0.1) is 11.6 Å². The van der Waals surface area contributed by atoms with Gasteiger partial charge >= 0.3 is 6.18 Å². The van der Waals surface area contributed by atoms with E-state index >= 15 is 0 Å². The van der Waals surface area contributed by atoms with Gasteiger partial charge in [0.2, 0.25) is 11.7 Å². The van der Waals surface area contributed by atoms with E-state index in [0.29, 0.717) is 44.6 Å². The predicted octanol–water partition coefficient (Wildman–Crippen LogP) is 1.99. The molecule has 2 fully saturated rings. The molecule has 3 heterocycles. The lowest BCUT2D eigenvalue weighted by Crippen LogP contribution is -2.57. The minimum absolute atomic E-state index is 0.121. The van der Waals surface area contributed by atoms with Crippen molar-refractivity contribution in [2.24, 2.45) is 0 Å². The molecule has 2 aromatic rings. The summed E-state index contributed by atoms with van der Waals surface area (Å²) in [6.07, 6.45) is -3.57. The van der Waals surface area contributed by atoms with E-state index in [4.69, 9.17) is 5.26 Å². The second kappa shape index (κ2) is 12.0. The minimum Gasteiger partial charge on any atom is -0.354 e. The zero-order chi connectivity index (χ0) is 27.3. The Balaban J connectivity index is 1.40. The Morgan fingerprint density at radius 1 is 1.11 bits per heavy atom. The maximum Gasteiger partial charge on any atom is 0.451 e. The van der Waals surface area contributed by atoms with Gasteiger partial charge in [-0.15, -0.1) is 0 Å². The second-order valence-electron chi connectivity index (χ2n) is 9.89. The number of alkyl halides is 3. The fourth-order valence-corrected chi connectivity index (χ4v) is 4.53. The van der Waals surface area contributed by atoms with Crippen molar-refractivity contribution >= 4 is 17.5 Å². The Labute approximate surface area is 220 Å². The highest BCUT2D eigenvalue weighted by Gasteiger charge is 2.40. The van der Waals surface area contributed by atoms with E-state index in [0.717, 1.165) is 31.7 Å². The number of anilines is 2. The van der Waals surface area contributed by atoms with E-state index in [1.165, 1.54) is 0 Å². The monoisotopic (exact) mass is 530 g/mol. The molecule has 4 rings (SSSR count). The molecule has 38 heavy (non-hydrogen) atoms. The van der Waals surface area contributed by atoms with Crippen molar-refractivity contribution in [3.05, 3.63) is 47.3 Å². The molecule has 0 bridgehead atoms. The normalized spacial score (nSPS) is 18.3. The molecule has 1 aromatic heterocycles. The maximum absolute atomic E-state index is 13.7. The fraction of sp³-hybridized carbons (Fsp3) is 0.538. The lowest BCUT2D eigenvalue weighted by molar-refractivity contribution is -0.144. The van der Waals surface area contributed by atoms with Gasteiger partial charge in [0.25, 0.3) is 0 Å². The van der Waals surface area contributed by atoms with E-state index < -0.39 is 18.0 Å². The standard InChI is InChI=1S/C26H33F3N8O/c1-34(2)11-12-35-13-15-36(16-14-35)22-17-23(33-25(32-22)26(27,28)29)37-10-8-21(37)24(38)31-9-7-19-3-5-20(18-30)6-4-19/h3-6,17,21H,7-16H2,1-2H3,(H,31,38). The van der Waals surface area contributed by atoms with Gasteiger partial charge in [-0.05, 0) is 44.6 Å². The highest BCUT2D eigenvalue weighted by molar-refractivity contribution is 5.86. The Morgan fingerprint density at radius 2 is 1.79 bits per heavy atom. The van der Waals surface area contributed by atoms with Crippen LogP contribution in [0.3, 0.4) is 0 Å². The summed E-state index contributed by atoms with van der Waals surface area (Å²) in [5.41, 5.74) is 1.54. The van der Waals surface area contributed by atoms with Gasteiger partial charge in [0.1, 0.15) is 17.7 Å². The van der Waals surface area contributed by atoms with Gasteiger partial charge in [-0.25, -0.2) is 9.97 Å². The van der Waals surface area contributed by atoms with Crippen molar-refractivity contribution in [1.82, 2.24) is 25.1 Å². The number of hydrogen-bond acceptors (Lipinski definition) is 8. The quantitative estimate of drug-likeness (QED) is 0.527. The van der Waals surface area contributed by atoms with Crippen LogP contribution in [0.2, 0.25) is 0 Å². The molecule has 0 saturated carbocycles. The Morgan fingerprint density at radius 3 is 2.37 bits per heavy atom. The Hall–Kier alpha value is -3.43. The smallest absolute Gasteiger partial charge is 0.354 e. The van der Waals surface area contributed by atoms with Gasteiger partial charge < -0.3 is 20.0 Å². The van der Waals surface area contributed by atoms with Gasteiger partial charge in [0.15, 0.2) is 0 Å². The van der Waals surface area contributed by atoms with Crippen molar-refractivity contribution in [3.63, 3.8) is 0 Å². The van der Waals surface area contributed by atoms with Crippen molar-refractivity contribution < 1.29 is 18.0 Å². The molecular weight excluding hydrogens is 497 g/mol. The molecule has 2 aliphatic heterocycles. The van der Waals surface area contributed by atoms with Gasteiger partial charge in [-0.3, -0.25) is 9.69 Å². The molecular formula is C26H33F3N8O. The molecule has 0 spiro atoms. The number of benzene rings is 1. The molecule has 12 heteroatoms. The largest absolute Gasteiger partial charge is 0.451 e. The summed E-state index contributed by atoms with van der Waals surface area (Å²) in [4.78, 5) is 28.4. The first-order valence-electron chi connectivity index (χ1n) is 12.8.